The van der Waals surface area contributed by atoms with E-state index in [9.17, 15) is 13.2 Å². The number of carbonyl (C=O) groups excluding carboxylic acids is 1. The van der Waals surface area contributed by atoms with Gasteiger partial charge in [0.25, 0.3) is 10.0 Å². The minimum atomic E-state index is -3.67. The summed E-state index contributed by atoms with van der Waals surface area (Å²) < 4.78 is 31.3. The standard InChI is InChI=1S/C28H40N2O4S/c1-18-5-8-22(9-6-18)35(32,33)30-29-26-12-11-24-23-10-7-20-17-21(34-19(2)31)13-15-27(20,3)25(23)14-16-28(24,26)4/h5-6,8-9,20-21,23-25,30H,7,10-17H2,1-4H3/b29-26-/t20-,21-,23+,24-,25+,27-,28-/m0/s1. The van der Waals surface area contributed by atoms with Gasteiger partial charge in [-0.25, -0.2) is 4.83 Å². The SMILES string of the molecule is CC(=O)O[C@H]1CC[C@@]2(C)[C@@H](CC[C@H]3[C@H]2CC[C@]2(C)/C(=N\NS(=O)(=O)c4ccc(C)cc4)CC[C@@H]32)C1. The molecule has 0 radical (unpaired) electrons. The molecule has 5 rings (SSSR count). The number of rotatable bonds is 4. The van der Waals surface area contributed by atoms with Crippen molar-refractivity contribution in [1.29, 1.82) is 0 Å². The lowest BCUT2D eigenvalue weighted by atomic mass is 9.45. The van der Waals surface area contributed by atoms with E-state index < -0.39 is 10.0 Å². The van der Waals surface area contributed by atoms with E-state index in [-0.39, 0.29) is 22.4 Å². The van der Waals surface area contributed by atoms with Gasteiger partial charge in [-0.2, -0.15) is 13.5 Å². The van der Waals surface area contributed by atoms with Gasteiger partial charge in [0.05, 0.1) is 4.90 Å². The molecule has 4 fully saturated rings. The molecule has 6 nitrogen and oxygen atoms in total. The third-order valence-corrected chi connectivity index (χ3v) is 11.5. The van der Waals surface area contributed by atoms with E-state index in [1.807, 2.05) is 19.1 Å². The number of carbonyl (C=O) groups is 1. The Morgan fingerprint density at radius 1 is 1.03 bits per heavy atom. The van der Waals surface area contributed by atoms with Gasteiger partial charge < -0.3 is 4.74 Å². The average molecular weight is 501 g/mol. The molecule has 1 aromatic rings. The first-order valence-corrected chi connectivity index (χ1v) is 14.8. The van der Waals surface area contributed by atoms with E-state index in [4.69, 9.17) is 4.74 Å². The molecule has 35 heavy (non-hydrogen) atoms. The Morgan fingerprint density at radius 2 is 1.77 bits per heavy atom. The predicted molar refractivity (Wildman–Crippen MR) is 136 cm³/mol. The molecule has 0 amide bonds. The summed E-state index contributed by atoms with van der Waals surface area (Å²) in [6.45, 7) is 8.29. The van der Waals surface area contributed by atoms with Crippen LogP contribution in [0.4, 0.5) is 0 Å². The van der Waals surface area contributed by atoms with Gasteiger partial charge in [0, 0.05) is 18.1 Å². The van der Waals surface area contributed by atoms with Crippen molar-refractivity contribution in [2.45, 2.75) is 96.5 Å². The molecule has 0 aromatic heterocycles. The number of sulfonamides is 1. The molecule has 1 N–H and O–H groups in total. The van der Waals surface area contributed by atoms with Crippen LogP contribution in [0.5, 0.6) is 0 Å². The van der Waals surface area contributed by atoms with Crippen LogP contribution in [0.1, 0.15) is 84.1 Å². The van der Waals surface area contributed by atoms with Gasteiger partial charge in [-0.15, -0.1) is 0 Å². The highest BCUT2D eigenvalue weighted by Crippen LogP contribution is 2.65. The number of ether oxygens (including phenoxy) is 1. The second-order valence-electron chi connectivity index (χ2n) is 12.1. The van der Waals surface area contributed by atoms with Crippen molar-refractivity contribution >= 4 is 21.7 Å². The summed E-state index contributed by atoms with van der Waals surface area (Å²) in [4.78, 5) is 14.3. The van der Waals surface area contributed by atoms with E-state index in [1.165, 1.54) is 26.2 Å². The molecule has 0 bridgehead atoms. The van der Waals surface area contributed by atoms with Crippen molar-refractivity contribution in [2.24, 2.45) is 39.6 Å². The molecule has 0 saturated heterocycles. The van der Waals surface area contributed by atoms with Crippen LogP contribution in [0.25, 0.3) is 0 Å². The summed E-state index contributed by atoms with van der Waals surface area (Å²) >= 11 is 0. The largest absolute Gasteiger partial charge is 0.463 e. The maximum atomic E-state index is 12.8. The normalized spacial score (nSPS) is 39.9. The summed E-state index contributed by atoms with van der Waals surface area (Å²) in [5.74, 6) is 2.40. The van der Waals surface area contributed by atoms with Crippen molar-refractivity contribution in [1.82, 2.24) is 4.83 Å². The third-order valence-electron chi connectivity index (χ3n) is 10.3. The quantitative estimate of drug-likeness (QED) is 0.431. The Bertz CT molecular complexity index is 1110. The molecular formula is C28H40N2O4S. The number of fused-ring (bicyclic) bond motifs is 5. The molecule has 192 valence electrons. The van der Waals surface area contributed by atoms with Gasteiger partial charge in [-0.1, -0.05) is 31.5 Å². The Labute approximate surface area is 210 Å². The highest BCUT2D eigenvalue weighted by molar-refractivity contribution is 7.89. The summed E-state index contributed by atoms with van der Waals surface area (Å²) in [5, 5.41) is 4.55. The summed E-state index contributed by atoms with van der Waals surface area (Å²) in [5.41, 5.74) is 2.34. The van der Waals surface area contributed by atoms with Crippen LogP contribution in [-0.2, 0) is 19.6 Å². The fraction of sp³-hybridized carbons (Fsp3) is 0.714. The smallest absolute Gasteiger partial charge is 0.302 e. The second kappa shape index (κ2) is 8.89. The van der Waals surface area contributed by atoms with Gasteiger partial charge in [-0.3, -0.25) is 4.79 Å². The van der Waals surface area contributed by atoms with Crippen LogP contribution >= 0.6 is 0 Å². The zero-order chi connectivity index (χ0) is 25.0. The lowest BCUT2D eigenvalue weighted by molar-refractivity contribution is -0.158. The summed E-state index contributed by atoms with van der Waals surface area (Å²) in [7, 11) is -3.67. The van der Waals surface area contributed by atoms with Crippen molar-refractivity contribution in [3.8, 4) is 0 Å². The molecule has 4 aliphatic rings. The van der Waals surface area contributed by atoms with Crippen LogP contribution < -0.4 is 4.83 Å². The van der Waals surface area contributed by atoms with Crippen LogP contribution in [0.2, 0.25) is 0 Å². The molecular weight excluding hydrogens is 460 g/mol. The van der Waals surface area contributed by atoms with Crippen molar-refractivity contribution in [3.63, 3.8) is 0 Å². The highest BCUT2D eigenvalue weighted by atomic mass is 32.2. The molecule has 0 aliphatic heterocycles. The topological polar surface area (TPSA) is 84.8 Å². The number of nitrogens with zero attached hydrogens (tertiary/aromatic N) is 1. The third kappa shape index (κ3) is 4.32. The summed E-state index contributed by atoms with van der Waals surface area (Å²) in [6, 6.07) is 6.90. The lowest BCUT2D eigenvalue weighted by Crippen LogP contribution is -2.54. The Morgan fingerprint density at radius 3 is 2.49 bits per heavy atom. The molecule has 1 aromatic carbocycles. The number of nitrogens with one attached hydrogen (secondary N) is 1. The minimum Gasteiger partial charge on any atom is -0.463 e. The molecule has 7 atom stereocenters. The van der Waals surface area contributed by atoms with Gasteiger partial charge in [0.15, 0.2) is 0 Å². The Kier molecular flexibility index (Phi) is 6.30. The number of hydrogen-bond donors (Lipinski definition) is 1. The van der Waals surface area contributed by atoms with Crippen LogP contribution in [0.15, 0.2) is 34.3 Å². The first-order valence-electron chi connectivity index (χ1n) is 13.4. The van der Waals surface area contributed by atoms with Gasteiger partial charge in [-0.05, 0) is 106 Å². The maximum Gasteiger partial charge on any atom is 0.302 e. The monoisotopic (exact) mass is 500 g/mol. The maximum absolute atomic E-state index is 12.8. The number of benzene rings is 1. The fourth-order valence-corrected chi connectivity index (χ4v) is 9.25. The minimum absolute atomic E-state index is 0.0326. The van der Waals surface area contributed by atoms with E-state index in [2.05, 4.69) is 23.8 Å². The van der Waals surface area contributed by atoms with E-state index in [1.54, 1.807) is 12.1 Å². The van der Waals surface area contributed by atoms with Gasteiger partial charge >= 0.3 is 5.97 Å². The van der Waals surface area contributed by atoms with Gasteiger partial charge in [0.2, 0.25) is 0 Å². The van der Waals surface area contributed by atoms with Crippen molar-refractivity contribution < 1.29 is 17.9 Å². The average Bonchev–Trinajstić information content (AvgIpc) is 3.14. The zero-order valence-electron chi connectivity index (χ0n) is 21.5. The van der Waals surface area contributed by atoms with Crippen LogP contribution in [0.3, 0.4) is 0 Å². The molecule has 7 heteroatoms. The lowest BCUT2D eigenvalue weighted by Gasteiger charge is -2.60. The number of esters is 1. The zero-order valence-corrected chi connectivity index (χ0v) is 22.4. The second-order valence-corrected chi connectivity index (χ2v) is 13.8. The number of aryl methyl sites for hydroxylation is 1. The van der Waals surface area contributed by atoms with Crippen LogP contribution in [-0.4, -0.2) is 26.2 Å². The molecule has 0 unspecified atom stereocenters. The van der Waals surface area contributed by atoms with Crippen molar-refractivity contribution in [3.05, 3.63) is 29.8 Å². The molecule has 4 saturated carbocycles. The highest BCUT2D eigenvalue weighted by Gasteiger charge is 2.59. The molecule has 0 spiro atoms. The summed E-state index contributed by atoms with van der Waals surface area (Å²) in [6.07, 6.45) is 9.84. The first-order chi connectivity index (χ1) is 16.5. The van der Waals surface area contributed by atoms with E-state index >= 15 is 0 Å². The number of hydrazone groups is 1. The molecule has 0 heterocycles. The van der Waals surface area contributed by atoms with Crippen LogP contribution in [0, 0.1) is 41.4 Å². The Hall–Kier alpha value is -1.89. The van der Waals surface area contributed by atoms with E-state index in [0.717, 1.165) is 49.8 Å². The predicted octanol–water partition coefficient (Wildman–Crippen LogP) is 5.60. The fourth-order valence-electron chi connectivity index (χ4n) is 8.42. The first kappa shape index (κ1) is 24.8. The molecule has 4 aliphatic carbocycles. The van der Waals surface area contributed by atoms with Gasteiger partial charge in [0.1, 0.15) is 6.10 Å². The number of hydrogen-bond acceptors (Lipinski definition) is 5. The Balaban J connectivity index is 1.31. The van der Waals surface area contributed by atoms with Crippen molar-refractivity contribution in [2.75, 3.05) is 0 Å². The van der Waals surface area contributed by atoms with E-state index in [0.29, 0.717) is 29.1 Å².